The fraction of sp³-hybridized carbons (Fsp3) is 0.692. The molecule has 3 N–H and O–H groups in total. The fourth-order valence-electron chi connectivity index (χ4n) is 2.22. The topological polar surface area (TPSA) is 84.4 Å². The maximum absolute atomic E-state index is 11.9. The van der Waals surface area contributed by atoms with Crippen molar-refractivity contribution in [2.24, 2.45) is 11.7 Å². The van der Waals surface area contributed by atoms with Gasteiger partial charge in [-0.2, -0.15) is 0 Å². The van der Waals surface area contributed by atoms with E-state index in [0.29, 0.717) is 18.3 Å². The molecule has 1 aromatic rings. The van der Waals surface area contributed by atoms with E-state index in [9.17, 15) is 4.79 Å². The zero-order valence-electron chi connectivity index (χ0n) is 11.7. The summed E-state index contributed by atoms with van der Waals surface area (Å²) in [5, 5.41) is 6.62. The molecule has 2 unspecified atom stereocenters. The van der Waals surface area contributed by atoms with Crippen molar-refractivity contribution in [3.63, 3.8) is 0 Å². The normalized spacial score (nSPS) is 24.1. The highest BCUT2D eigenvalue weighted by atomic mass is 16.5. The zero-order chi connectivity index (χ0) is 14.0. The molecule has 0 aliphatic carbocycles. The molecule has 1 fully saturated rings. The van der Waals surface area contributed by atoms with Crippen LogP contribution in [0.4, 0.5) is 5.88 Å². The summed E-state index contributed by atoms with van der Waals surface area (Å²) >= 11 is 0. The average Bonchev–Trinajstić information content (AvgIpc) is 2.87. The Hall–Kier alpha value is -1.40. The molecule has 1 aliphatic heterocycles. The summed E-state index contributed by atoms with van der Waals surface area (Å²) in [6, 6.07) is 1.92. The summed E-state index contributed by atoms with van der Waals surface area (Å²) in [6.45, 7) is 8.13. The quantitative estimate of drug-likeness (QED) is 0.850. The maximum atomic E-state index is 11.9. The lowest BCUT2D eigenvalue weighted by Gasteiger charge is -2.13. The molecule has 2 atom stereocenters. The van der Waals surface area contributed by atoms with Crippen LogP contribution in [0.3, 0.4) is 0 Å². The summed E-state index contributed by atoms with van der Waals surface area (Å²) < 4.78 is 5.08. The van der Waals surface area contributed by atoms with Gasteiger partial charge < -0.3 is 10.3 Å². The molecular weight excluding hydrogens is 244 g/mol. The summed E-state index contributed by atoms with van der Waals surface area (Å²) in [5.74, 6) is 1.04. The number of rotatable bonds is 4. The van der Waals surface area contributed by atoms with Crippen LogP contribution in [0, 0.1) is 5.92 Å². The third-order valence-corrected chi connectivity index (χ3v) is 3.50. The summed E-state index contributed by atoms with van der Waals surface area (Å²) in [5.41, 5.74) is 6.77. The van der Waals surface area contributed by atoms with Crippen LogP contribution in [0.5, 0.6) is 0 Å². The summed E-state index contributed by atoms with van der Waals surface area (Å²) in [7, 11) is 0. The molecule has 0 aromatic carbocycles. The molecule has 19 heavy (non-hydrogen) atoms. The SMILES string of the molecule is CC(C)c1cc(NC(=O)CN2CC(C)C(N)C2)on1. The van der Waals surface area contributed by atoms with Crippen molar-refractivity contribution in [2.75, 3.05) is 25.0 Å². The Labute approximate surface area is 113 Å². The first-order chi connectivity index (χ1) is 8.95. The minimum Gasteiger partial charge on any atom is -0.338 e. The molecule has 1 amide bonds. The van der Waals surface area contributed by atoms with E-state index in [2.05, 4.69) is 22.3 Å². The highest BCUT2D eigenvalue weighted by Crippen LogP contribution is 2.18. The van der Waals surface area contributed by atoms with Crippen LogP contribution in [-0.2, 0) is 4.79 Å². The van der Waals surface area contributed by atoms with E-state index in [0.717, 1.165) is 18.8 Å². The van der Waals surface area contributed by atoms with Gasteiger partial charge in [-0.3, -0.25) is 15.0 Å². The average molecular weight is 266 g/mol. The van der Waals surface area contributed by atoms with Gasteiger partial charge in [-0.1, -0.05) is 25.9 Å². The molecule has 0 spiro atoms. The monoisotopic (exact) mass is 266 g/mol. The van der Waals surface area contributed by atoms with Gasteiger partial charge in [0.05, 0.1) is 12.2 Å². The Morgan fingerprint density at radius 2 is 2.37 bits per heavy atom. The first-order valence-corrected chi connectivity index (χ1v) is 6.70. The predicted octanol–water partition coefficient (Wildman–Crippen LogP) is 1.02. The Kier molecular flexibility index (Phi) is 4.21. The largest absolute Gasteiger partial charge is 0.338 e. The number of carbonyl (C=O) groups is 1. The van der Waals surface area contributed by atoms with Gasteiger partial charge in [0.2, 0.25) is 11.8 Å². The number of aromatic nitrogens is 1. The van der Waals surface area contributed by atoms with Crippen LogP contribution in [0.2, 0.25) is 0 Å². The van der Waals surface area contributed by atoms with Crippen LogP contribution >= 0.6 is 0 Å². The van der Waals surface area contributed by atoms with E-state index in [-0.39, 0.29) is 17.9 Å². The van der Waals surface area contributed by atoms with Gasteiger partial charge in [0, 0.05) is 25.2 Å². The van der Waals surface area contributed by atoms with E-state index in [1.807, 2.05) is 13.8 Å². The van der Waals surface area contributed by atoms with Crippen molar-refractivity contribution < 1.29 is 9.32 Å². The molecule has 0 saturated carbocycles. The highest BCUT2D eigenvalue weighted by molar-refractivity contribution is 5.91. The number of carbonyl (C=O) groups excluding carboxylic acids is 1. The van der Waals surface area contributed by atoms with E-state index >= 15 is 0 Å². The molecule has 1 aliphatic rings. The van der Waals surface area contributed by atoms with E-state index < -0.39 is 0 Å². The van der Waals surface area contributed by atoms with Crippen molar-refractivity contribution in [2.45, 2.75) is 32.7 Å². The van der Waals surface area contributed by atoms with Gasteiger partial charge >= 0.3 is 0 Å². The third kappa shape index (κ3) is 3.54. The Morgan fingerprint density at radius 3 is 2.89 bits per heavy atom. The van der Waals surface area contributed by atoms with Crippen LogP contribution in [-0.4, -0.2) is 41.6 Å². The molecule has 0 bridgehead atoms. The maximum Gasteiger partial charge on any atom is 0.240 e. The zero-order valence-corrected chi connectivity index (χ0v) is 11.7. The number of hydrogen-bond acceptors (Lipinski definition) is 5. The second-order valence-corrected chi connectivity index (χ2v) is 5.65. The summed E-state index contributed by atoms with van der Waals surface area (Å²) in [4.78, 5) is 13.9. The second kappa shape index (κ2) is 5.71. The van der Waals surface area contributed by atoms with Gasteiger partial charge in [0.15, 0.2) is 0 Å². The van der Waals surface area contributed by atoms with Crippen molar-refractivity contribution >= 4 is 11.8 Å². The van der Waals surface area contributed by atoms with Crippen molar-refractivity contribution in [3.05, 3.63) is 11.8 Å². The number of hydrogen-bond donors (Lipinski definition) is 2. The van der Waals surface area contributed by atoms with Crippen molar-refractivity contribution in [1.82, 2.24) is 10.1 Å². The summed E-state index contributed by atoms with van der Waals surface area (Å²) in [6.07, 6.45) is 0. The second-order valence-electron chi connectivity index (χ2n) is 5.65. The first kappa shape index (κ1) is 14.0. The van der Waals surface area contributed by atoms with Crippen LogP contribution in [0.25, 0.3) is 0 Å². The minimum absolute atomic E-state index is 0.0900. The van der Waals surface area contributed by atoms with Crippen LogP contribution in [0.15, 0.2) is 10.6 Å². The molecule has 6 heteroatoms. The molecule has 2 rings (SSSR count). The Morgan fingerprint density at radius 1 is 1.63 bits per heavy atom. The van der Waals surface area contributed by atoms with Gasteiger partial charge in [0.1, 0.15) is 0 Å². The van der Waals surface area contributed by atoms with Gasteiger partial charge in [-0.25, -0.2) is 0 Å². The van der Waals surface area contributed by atoms with E-state index in [1.54, 1.807) is 6.07 Å². The number of nitrogens with two attached hydrogens (primary N) is 1. The number of likely N-dealkylation sites (tertiary alicyclic amines) is 1. The predicted molar refractivity (Wildman–Crippen MR) is 72.8 cm³/mol. The molecule has 2 heterocycles. The lowest BCUT2D eigenvalue weighted by Crippen LogP contribution is -2.33. The molecule has 0 radical (unpaired) electrons. The standard InChI is InChI=1S/C13H22N4O2/c1-8(2)11-4-13(19-16-11)15-12(18)7-17-5-9(3)10(14)6-17/h4,8-10H,5-7,14H2,1-3H3,(H,15,18). The number of amides is 1. The fourth-order valence-corrected chi connectivity index (χ4v) is 2.22. The molecular formula is C13H22N4O2. The number of nitrogens with one attached hydrogen (secondary N) is 1. The third-order valence-electron chi connectivity index (χ3n) is 3.50. The lowest BCUT2D eigenvalue weighted by atomic mass is 10.1. The molecule has 1 saturated heterocycles. The van der Waals surface area contributed by atoms with Crippen molar-refractivity contribution in [3.8, 4) is 0 Å². The van der Waals surface area contributed by atoms with Crippen molar-refractivity contribution in [1.29, 1.82) is 0 Å². The Bertz CT molecular complexity index is 434. The highest BCUT2D eigenvalue weighted by Gasteiger charge is 2.27. The van der Waals surface area contributed by atoms with Gasteiger partial charge in [-0.15, -0.1) is 0 Å². The Balaban J connectivity index is 1.84. The smallest absolute Gasteiger partial charge is 0.240 e. The van der Waals surface area contributed by atoms with Crippen LogP contribution < -0.4 is 11.1 Å². The molecule has 106 valence electrons. The van der Waals surface area contributed by atoms with Crippen LogP contribution in [0.1, 0.15) is 32.4 Å². The lowest BCUT2D eigenvalue weighted by molar-refractivity contribution is -0.117. The van der Waals surface area contributed by atoms with Gasteiger partial charge in [0.25, 0.3) is 0 Å². The molecule has 6 nitrogen and oxygen atoms in total. The molecule has 1 aromatic heterocycles. The number of anilines is 1. The van der Waals surface area contributed by atoms with Gasteiger partial charge in [-0.05, 0) is 11.8 Å². The minimum atomic E-state index is -0.0900. The van der Waals surface area contributed by atoms with E-state index in [4.69, 9.17) is 10.3 Å². The van der Waals surface area contributed by atoms with E-state index in [1.165, 1.54) is 0 Å². The number of nitrogens with zero attached hydrogens (tertiary/aromatic N) is 2. The first-order valence-electron chi connectivity index (χ1n) is 6.70.